The number of piperidine rings is 1. The Bertz CT molecular complexity index is 425. The predicted molar refractivity (Wildman–Crippen MR) is 77.7 cm³/mol. The maximum Gasteiger partial charge on any atom is 0.414 e. The Balaban J connectivity index is 0.000000346. The van der Waals surface area contributed by atoms with E-state index in [0.29, 0.717) is 0 Å². The van der Waals surface area contributed by atoms with Crippen LogP contribution in [0.5, 0.6) is 0 Å². The topological polar surface area (TPSA) is 116 Å². The second-order valence-corrected chi connectivity index (χ2v) is 6.47. The van der Waals surface area contributed by atoms with E-state index in [-0.39, 0.29) is 17.2 Å². The van der Waals surface area contributed by atoms with Gasteiger partial charge >= 0.3 is 18.0 Å². The van der Waals surface area contributed by atoms with Crippen molar-refractivity contribution in [1.29, 1.82) is 0 Å². The molecule has 0 unspecified atom stereocenters. The summed E-state index contributed by atoms with van der Waals surface area (Å²) in [6.45, 7) is 8.63. The van der Waals surface area contributed by atoms with Gasteiger partial charge in [-0.2, -0.15) is 0 Å². The van der Waals surface area contributed by atoms with E-state index in [0.717, 1.165) is 38.9 Å². The Morgan fingerprint density at radius 2 is 1.55 bits per heavy atom. The van der Waals surface area contributed by atoms with E-state index in [1.54, 1.807) is 0 Å². The molecule has 0 saturated carbocycles. The third-order valence-electron chi connectivity index (χ3n) is 3.70. The van der Waals surface area contributed by atoms with Crippen LogP contribution in [0.4, 0.5) is 4.79 Å². The summed E-state index contributed by atoms with van der Waals surface area (Å²) in [5.41, 5.74) is -0.283. The number of carbonyl (C=O) groups is 3. The van der Waals surface area contributed by atoms with Crippen molar-refractivity contribution in [3.05, 3.63) is 0 Å². The van der Waals surface area contributed by atoms with Gasteiger partial charge in [0.15, 0.2) is 0 Å². The van der Waals surface area contributed by atoms with Crippen LogP contribution in [0.1, 0.15) is 40.0 Å². The Hall–Kier alpha value is -1.83. The van der Waals surface area contributed by atoms with Gasteiger partial charge in [-0.05, 0) is 53.1 Å². The molecule has 126 valence electrons. The van der Waals surface area contributed by atoms with Crippen LogP contribution in [0.15, 0.2) is 0 Å². The minimum absolute atomic E-state index is 0.105. The van der Waals surface area contributed by atoms with Crippen molar-refractivity contribution < 1.29 is 29.3 Å². The summed E-state index contributed by atoms with van der Waals surface area (Å²) in [4.78, 5) is 32.1. The molecule has 0 atom stereocenters. The molecule has 1 amide bonds. The molecule has 0 aromatic carbocycles. The lowest BCUT2D eigenvalue weighted by Crippen LogP contribution is -2.66. The Morgan fingerprint density at radius 3 is 1.86 bits per heavy atom. The van der Waals surface area contributed by atoms with E-state index in [1.165, 1.54) is 0 Å². The van der Waals surface area contributed by atoms with Crippen molar-refractivity contribution in [2.75, 3.05) is 19.6 Å². The summed E-state index contributed by atoms with van der Waals surface area (Å²) in [6.07, 6.45) is 3.12. The SMILES string of the molecule is CC(C)(C)OC(=O)N1CCC12CCNCC2.O=C(O)C(=O)O. The first-order chi connectivity index (χ1) is 10.1. The quantitative estimate of drug-likeness (QED) is 0.569. The Labute approximate surface area is 129 Å². The summed E-state index contributed by atoms with van der Waals surface area (Å²) >= 11 is 0. The lowest BCUT2D eigenvalue weighted by molar-refractivity contribution is -0.159. The van der Waals surface area contributed by atoms with Crippen molar-refractivity contribution in [3.63, 3.8) is 0 Å². The summed E-state index contributed by atoms with van der Waals surface area (Å²) in [5, 5.41) is 18.1. The van der Waals surface area contributed by atoms with Crippen LogP contribution in [0.2, 0.25) is 0 Å². The summed E-state index contributed by atoms with van der Waals surface area (Å²) in [6, 6.07) is 0. The standard InChI is InChI=1S/C12H22N2O2.C2H2O4/c1-11(2,3)16-10(15)14-9-6-12(14)4-7-13-8-5-12;3-1(4)2(5)6/h13H,4-9H2,1-3H3;(H,3,4)(H,5,6). The molecule has 0 aliphatic carbocycles. The van der Waals surface area contributed by atoms with Gasteiger partial charge in [-0.3, -0.25) is 0 Å². The minimum atomic E-state index is -1.82. The average Bonchev–Trinajstić information content (AvgIpc) is 2.36. The van der Waals surface area contributed by atoms with Gasteiger partial charge in [0.25, 0.3) is 0 Å². The molecule has 8 heteroatoms. The van der Waals surface area contributed by atoms with Gasteiger partial charge in [0.2, 0.25) is 0 Å². The van der Waals surface area contributed by atoms with Crippen LogP contribution < -0.4 is 5.32 Å². The molecule has 1 spiro atoms. The lowest BCUT2D eigenvalue weighted by atomic mass is 9.77. The molecule has 22 heavy (non-hydrogen) atoms. The maximum atomic E-state index is 12.0. The number of carbonyl (C=O) groups excluding carboxylic acids is 1. The highest BCUT2D eigenvalue weighted by Gasteiger charge is 2.48. The summed E-state index contributed by atoms with van der Waals surface area (Å²) < 4.78 is 5.44. The molecule has 0 aromatic rings. The van der Waals surface area contributed by atoms with Gasteiger partial charge in [-0.25, -0.2) is 14.4 Å². The highest BCUT2D eigenvalue weighted by molar-refractivity contribution is 6.27. The number of hydrogen-bond acceptors (Lipinski definition) is 5. The van der Waals surface area contributed by atoms with E-state index >= 15 is 0 Å². The first-order valence-corrected chi connectivity index (χ1v) is 7.25. The number of aliphatic carboxylic acids is 2. The molecular formula is C14H24N2O6. The number of nitrogens with zero attached hydrogens (tertiary/aromatic N) is 1. The van der Waals surface area contributed by atoms with Crippen LogP contribution in [0.25, 0.3) is 0 Å². The number of carboxylic acid groups (broad SMARTS) is 2. The fourth-order valence-corrected chi connectivity index (χ4v) is 2.55. The molecule has 2 rings (SSSR count). The molecule has 8 nitrogen and oxygen atoms in total. The number of nitrogens with one attached hydrogen (secondary N) is 1. The van der Waals surface area contributed by atoms with E-state index in [4.69, 9.17) is 24.5 Å². The van der Waals surface area contributed by atoms with E-state index in [2.05, 4.69) is 5.32 Å². The number of ether oxygens (including phenoxy) is 1. The van der Waals surface area contributed by atoms with Crippen molar-refractivity contribution in [3.8, 4) is 0 Å². The van der Waals surface area contributed by atoms with Gasteiger partial charge in [-0.1, -0.05) is 0 Å². The van der Waals surface area contributed by atoms with E-state index in [1.807, 2.05) is 25.7 Å². The zero-order chi connectivity index (χ0) is 17.0. The summed E-state index contributed by atoms with van der Waals surface area (Å²) in [5.74, 6) is -3.65. The van der Waals surface area contributed by atoms with Crippen molar-refractivity contribution in [1.82, 2.24) is 10.2 Å². The first-order valence-electron chi connectivity index (χ1n) is 7.25. The van der Waals surface area contributed by atoms with Crippen LogP contribution >= 0.6 is 0 Å². The van der Waals surface area contributed by atoms with Crippen LogP contribution in [0, 0.1) is 0 Å². The predicted octanol–water partition coefficient (Wildman–Crippen LogP) is 0.905. The van der Waals surface area contributed by atoms with Gasteiger partial charge < -0.3 is 25.2 Å². The van der Waals surface area contributed by atoms with Crippen molar-refractivity contribution in [2.45, 2.75) is 51.2 Å². The molecule has 0 bridgehead atoms. The monoisotopic (exact) mass is 316 g/mol. The molecule has 2 saturated heterocycles. The first kappa shape index (κ1) is 18.2. The Kier molecular flexibility index (Phi) is 5.76. The normalized spacial score (nSPS) is 19.5. The van der Waals surface area contributed by atoms with Crippen LogP contribution in [0.3, 0.4) is 0 Å². The minimum Gasteiger partial charge on any atom is -0.473 e. The molecule has 2 aliphatic heterocycles. The molecule has 3 N–H and O–H groups in total. The zero-order valence-corrected chi connectivity index (χ0v) is 13.2. The average molecular weight is 316 g/mol. The number of amides is 1. The molecule has 2 heterocycles. The largest absolute Gasteiger partial charge is 0.473 e. The molecule has 2 fully saturated rings. The van der Waals surface area contributed by atoms with Crippen LogP contribution in [-0.4, -0.2) is 63.9 Å². The second-order valence-electron chi connectivity index (χ2n) is 6.47. The molecule has 2 aliphatic rings. The number of hydrogen-bond donors (Lipinski definition) is 3. The smallest absolute Gasteiger partial charge is 0.414 e. The fraction of sp³-hybridized carbons (Fsp3) is 0.786. The van der Waals surface area contributed by atoms with Gasteiger partial charge in [-0.15, -0.1) is 0 Å². The van der Waals surface area contributed by atoms with Gasteiger partial charge in [0.1, 0.15) is 5.60 Å². The van der Waals surface area contributed by atoms with Crippen molar-refractivity contribution >= 4 is 18.0 Å². The Morgan fingerprint density at radius 1 is 1.05 bits per heavy atom. The fourth-order valence-electron chi connectivity index (χ4n) is 2.55. The number of rotatable bonds is 0. The lowest BCUT2D eigenvalue weighted by Gasteiger charge is -2.54. The van der Waals surface area contributed by atoms with Gasteiger partial charge in [0.05, 0.1) is 5.54 Å². The molecule has 0 aromatic heterocycles. The molecule has 0 radical (unpaired) electrons. The van der Waals surface area contributed by atoms with E-state index < -0.39 is 11.9 Å². The highest BCUT2D eigenvalue weighted by Crippen LogP contribution is 2.39. The summed E-state index contributed by atoms with van der Waals surface area (Å²) in [7, 11) is 0. The third-order valence-corrected chi connectivity index (χ3v) is 3.70. The third kappa shape index (κ3) is 4.87. The maximum absolute atomic E-state index is 12.0. The zero-order valence-electron chi connectivity index (χ0n) is 13.2. The number of likely N-dealkylation sites (tertiary alicyclic amines) is 1. The highest BCUT2D eigenvalue weighted by atomic mass is 16.6. The number of carboxylic acids is 2. The van der Waals surface area contributed by atoms with Gasteiger partial charge in [0, 0.05) is 6.54 Å². The molecular weight excluding hydrogens is 292 g/mol. The van der Waals surface area contributed by atoms with Crippen LogP contribution in [-0.2, 0) is 14.3 Å². The van der Waals surface area contributed by atoms with Crippen molar-refractivity contribution in [2.24, 2.45) is 0 Å². The van der Waals surface area contributed by atoms with E-state index in [9.17, 15) is 4.79 Å². The second kappa shape index (κ2) is 6.95.